The molecule has 0 aromatic heterocycles. The molecule has 0 aromatic rings. The summed E-state index contributed by atoms with van der Waals surface area (Å²) in [6, 6.07) is 0.355. The summed E-state index contributed by atoms with van der Waals surface area (Å²) >= 11 is 0. The SMILES string of the molecule is CCC1CCC(C(N)C(C)(C)N2CCCC2)CC1. The second kappa shape index (κ2) is 5.92. The smallest absolute Gasteiger partial charge is 0.0306 e. The third-order valence-electron chi connectivity index (χ3n) is 5.71. The van der Waals surface area contributed by atoms with Crippen molar-refractivity contribution in [2.75, 3.05) is 13.1 Å². The van der Waals surface area contributed by atoms with E-state index in [0.717, 1.165) is 11.8 Å². The van der Waals surface area contributed by atoms with E-state index in [1.54, 1.807) is 0 Å². The molecule has 18 heavy (non-hydrogen) atoms. The van der Waals surface area contributed by atoms with Gasteiger partial charge in [-0.05, 0) is 64.5 Å². The lowest BCUT2D eigenvalue weighted by molar-refractivity contribution is 0.0785. The molecular formula is C16H32N2. The van der Waals surface area contributed by atoms with Crippen LogP contribution >= 0.6 is 0 Å². The zero-order chi connectivity index (χ0) is 13.2. The van der Waals surface area contributed by atoms with Crippen LogP contribution in [0, 0.1) is 11.8 Å². The van der Waals surface area contributed by atoms with Gasteiger partial charge in [0.05, 0.1) is 0 Å². The largest absolute Gasteiger partial charge is 0.326 e. The van der Waals surface area contributed by atoms with Gasteiger partial charge in [-0.25, -0.2) is 0 Å². The quantitative estimate of drug-likeness (QED) is 0.831. The van der Waals surface area contributed by atoms with Gasteiger partial charge >= 0.3 is 0 Å². The Morgan fingerprint density at radius 2 is 1.67 bits per heavy atom. The van der Waals surface area contributed by atoms with E-state index in [4.69, 9.17) is 5.73 Å². The molecule has 0 spiro atoms. The first-order valence-electron chi connectivity index (χ1n) is 8.06. The Kier molecular flexibility index (Phi) is 4.71. The first-order valence-corrected chi connectivity index (χ1v) is 8.06. The average molecular weight is 252 g/mol. The summed E-state index contributed by atoms with van der Waals surface area (Å²) in [4.78, 5) is 2.63. The number of hydrogen-bond donors (Lipinski definition) is 1. The van der Waals surface area contributed by atoms with Crippen LogP contribution < -0.4 is 5.73 Å². The third-order valence-corrected chi connectivity index (χ3v) is 5.71. The molecule has 1 saturated heterocycles. The van der Waals surface area contributed by atoms with Crippen LogP contribution in [-0.4, -0.2) is 29.6 Å². The lowest BCUT2D eigenvalue weighted by atomic mass is 9.73. The minimum absolute atomic E-state index is 0.195. The lowest BCUT2D eigenvalue weighted by Gasteiger charge is -2.45. The fourth-order valence-electron chi connectivity index (χ4n) is 4.04. The van der Waals surface area contributed by atoms with Crippen LogP contribution in [0.5, 0.6) is 0 Å². The van der Waals surface area contributed by atoms with Crippen LogP contribution in [0.1, 0.15) is 65.7 Å². The second-order valence-corrected chi connectivity index (χ2v) is 7.06. The Morgan fingerprint density at radius 1 is 1.11 bits per heavy atom. The van der Waals surface area contributed by atoms with E-state index in [1.807, 2.05) is 0 Å². The molecular weight excluding hydrogens is 220 g/mol. The second-order valence-electron chi connectivity index (χ2n) is 7.06. The molecule has 0 amide bonds. The maximum atomic E-state index is 6.65. The molecule has 1 aliphatic heterocycles. The van der Waals surface area contributed by atoms with Gasteiger partial charge in [-0.1, -0.05) is 26.2 Å². The molecule has 106 valence electrons. The van der Waals surface area contributed by atoms with Crippen molar-refractivity contribution >= 4 is 0 Å². The van der Waals surface area contributed by atoms with Gasteiger partial charge in [0.2, 0.25) is 0 Å². The minimum Gasteiger partial charge on any atom is -0.326 e. The fraction of sp³-hybridized carbons (Fsp3) is 1.00. The van der Waals surface area contributed by atoms with Crippen molar-refractivity contribution < 1.29 is 0 Å². The Hall–Kier alpha value is -0.0800. The monoisotopic (exact) mass is 252 g/mol. The van der Waals surface area contributed by atoms with Crippen LogP contribution in [0.25, 0.3) is 0 Å². The van der Waals surface area contributed by atoms with Crippen molar-refractivity contribution in [3.63, 3.8) is 0 Å². The molecule has 1 saturated carbocycles. The first-order chi connectivity index (χ1) is 8.55. The summed E-state index contributed by atoms with van der Waals surface area (Å²) in [6.07, 6.45) is 9.61. The molecule has 2 aliphatic rings. The van der Waals surface area contributed by atoms with Crippen molar-refractivity contribution in [1.82, 2.24) is 4.90 Å². The van der Waals surface area contributed by atoms with Crippen LogP contribution in [0.15, 0.2) is 0 Å². The van der Waals surface area contributed by atoms with Gasteiger partial charge in [0.25, 0.3) is 0 Å². The van der Waals surface area contributed by atoms with Crippen molar-refractivity contribution in [3.05, 3.63) is 0 Å². The van der Waals surface area contributed by atoms with Crippen LogP contribution in [-0.2, 0) is 0 Å². The van der Waals surface area contributed by atoms with Gasteiger partial charge < -0.3 is 5.73 Å². The Labute approximate surface area is 113 Å². The van der Waals surface area contributed by atoms with Crippen molar-refractivity contribution in [2.45, 2.75) is 77.3 Å². The first kappa shape index (κ1) is 14.3. The van der Waals surface area contributed by atoms with E-state index in [9.17, 15) is 0 Å². The Balaban J connectivity index is 1.91. The molecule has 2 rings (SSSR count). The molecule has 0 radical (unpaired) electrons. The van der Waals surface area contributed by atoms with Gasteiger partial charge in [0.15, 0.2) is 0 Å². The van der Waals surface area contributed by atoms with E-state index in [-0.39, 0.29) is 5.54 Å². The zero-order valence-corrected chi connectivity index (χ0v) is 12.6. The van der Waals surface area contributed by atoms with Gasteiger partial charge in [0, 0.05) is 11.6 Å². The van der Waals surface area contributed by atoms with Crippen molar-refractivity contribution in [3.8, 4) is 0 Å². The maximum Gasteiger partial charge on any atom is 0.0306 e. The van der Waals surface area contributed by atoms with Crippen LogP contribution in [0.4, 0.5) is 0 Å². The number of nitrogens with two attached hydrogens (primary N) is 1. The van der Waals surface area contributed by atoms with Crippen LogP contribution in [0.3, 0.4) is 0 Å². The summed E-state index contributed by atoms with van der Waals surface area (Å²) in [7, 11) is 0. The fourth-order valence-corrected chi connectivity index (χ4v) is 4.04. The molecule has 1 unspecified atom stereocenters. The summed E-state index contributed by atoms with van der Waals surface area (Å²) < 4.78 is 0. The van der Waals surface area contributed by atoms with Gasteiger partial charge in [-0.15, -0.1) is 0 Å². The number of likely N-dealkylation sites (tertiary alicyclic amines) is 1. The topological polar surface area (TPSA) is 29.3 Å². The number of hydrogen-bond acceptors (Lipinski definition) is 2. The number of rotatable bonds is 4. The van der Waals surface area contributed by atoms with Gasteiger partial charge in [-0.2, -0.15) is 0 Å². The van der Waals surface area contributed by atoms with E-state index in [0.29, 0.717) is 6.04 Å². The molecule has 0 bridgehead atoms. The third kappa shape index (κ3) is 2.91. The Morgan fingerprint density at radius 3 is 2.17 bits per heavy atom. The molecule has 2 fully saturated rings. The highest BCUT2D eigenvalue weighted by atomic mass is 15.2. The standard InChI is InChI=1S/C16H32N2/c1-4-13-7-9-14(10-8-13)15(17)16(2,3)18-11-5-6-12-18/h13-15H,4-12,17H2,1-3H3. The zero-order valence-electron chi connectivity index (χ0n) is 12.6. The Bertz CT molecular complexity index is 248. The molecule has 2 heteroatoms. The predicted molar refractivity (Wildman–Crippen MR) is 78.6 cm³/mol. The highest BCUT2D eigenvalue weighted by Gasteiger charge is 2.39. The predicted octanol–water partition coefficient (Wildman–Crippen LogP) is 3.40. The minimum atomic E-state index is 0.195. The summed E-state index contributed by atoms with van der Waals surface area (Å²) in [5.74, 6) is 1.73. The molecule has 1 heterocycles. The summed E-state index contributed by atoms with van der Waals surface area (Å²) in [6.45, 7) is 9.58. The molecule has 0 aromatic carbocycles. The molecule has 2 nitrogen and oxygen atoms in total. The van der Waals surface area contributed by atoms with E-state index >= 15 is 0 Å². The van der Waals surface area contributed by atoms with Crippen molar-refractivity contribution in [1.29, 1.82) is 0 Å². The highest BCUT2D eigenvalue weighted by Crippen LogP contribution is 2.36. The van der Waals surface area contributed by atoms with E-state index < -0.39 is 0 Å². The van der Waals surface area contributed by atoms with Crippen LogP contribution in [0.2, 0.25) is 0 Å². The molecule has 1 atom stereocenters. The summed E-state index contributed by atoms with van der Waals surface area (Å²) in [5, 5.41) is 0. The van der Waals surface area contributed by atoms with Gasteiger partial charge in [-0.3, -0.25) is 4.90 Å². The normalized spacial score (nSPS) is 32.7. The lowest BCUT2D eigenvalue weighted by Crippen LogP contribution is -2.58. The van der Waals surface area contributed by atoms with Crippen molar-refractivity contribution in [2.24, 2.45) is 17.6 Å². The summed E-state index contributed by atoms with van der Waals surface area (Å²) in [5.41, 5.74) is 6.85. The van der Waals surface area contributed by atoms with E-state index in [1.165, 1.54) is 58.0 Å². The average Bonchev–Trinajstić information content (AvgIpc) is 2.92. The highest BCUT2D eigenvalue weighted by molar-refractivity contribution is 4.97. The maximum absolute atomic E-state index is 6.65. The molecule has 2 N–H and O–H groups in total. The van der Waals surface area contributed by atoms with E-state index in [2.05, 4.69) is 25.7 Å². The van der Waals surface area contributed by atoms with Gasteiger partial charge in [0.1, 0.15) is 0 Å². The number of nitrogens with zero attached hydrogens (tertiary/aromatic N) is 1. The molecule has 1 aliphatic carbocycles.